The van der Waals surface area contributed by atoms with Crippen LogP contribution in [0.4, 0.5) is 11.4 Å². The summed E-state index contributed by atoms with van der Waals surface area (Å²) in [6, 6.07) is 35.0. The molecule has 238 valence electrons. The first-order valence-corrected chi connectivity index (χ1v) is 16.6. The third-order valence-electron chi connectivity index (χ3n) is 9.76. The summed E-state index contributed by atoms with van der Waals surface area (Å²) in [5.74, 6) is 3.88. The van der Waals surface area contributed by atoms with Crippen molar-refractivity contribution in [2.45, 2.75) is 6.92 Å². The Morgan fingerprint density at radius 2 is 1.62 bits per heavy atom. The number of fused-ring (bicyclic) bond motifs is 8. The second-order valence-corrected chi connectivity index (χ2v) is 12.6. The van der Waals surface area contributed by atoms with Crippen molar-refractivity contribution < 1.29 is 9.47 Å². The molecule has 2 aromatic heterocycles. The van der Waals surface area contributed by atoms with Gasteiger partial charge < -0.3 is 9.47 Å². The molecule has 4 heterocycles. The van der Waals surface area contributed by atoms with Gasteiger partial charge in [0.15, 0.2) is 17.2 Å². The normalized spacial score (nSPS) is 15.9. The van der Waals surface area contributed by atoms with Crippen molar-refractivity contribution >= 4 is 56.5 Å². The minimum Gasteiger partial charge on any atom is -0.457 e. The molecule has 0 amide bonds. The number of hydrogen-bond donors (Lipinski definition) is 0. The topological polar surface area (TPSA) is 64.8 Å². The largest absolute Gasteiger partial charge is 0.457 e. The number of ether oxygens (including phenoxy) is 2. The van der Waals surface area contributed by atoms with Gasteiger partial charge in [-0.3, -0.25) is 14.5 Å². The van der Waals surface area contributed by atoms with E-state index in [1.807, 2.05) is 60.7 Å². The molecule has 0 radical (unpaired) electrons. The summed E-state index contributed by atoms with van der Waals surface area (Å²) >= 11 is 0. The van der Waals surface area contributed by atoms with E-state index in [0.717, 1.165) is 89.6 Å². The second-order valence-electron chi connectivity index (χ2n) is 12.6. The highest BCUT2D eigenvalue weighted by Gasteiger charge is 2.40. The first-order chi connectivity index (χ1) is 24.6. The Morgan fingerprint density at radius 3 is 2.46 bits per heavy atom. The summed E-state index contributed by atoms with van der Waals surface area (Å²) in [5, 5.41) is 3.01. The molecule has 5 aromatic carbocycles. The van der Waals surface area contributed by atoms with E-state index in [0.29, 0.717) is 11.7 Å². The lowest BCUT2D eigenvalue weighted by molar-refractivity contribution is 0.369. The molecule has 7 aromatic rings. The lowest BCUT2D eigenvalue weighted by Gasteiger charge is -2.38. The van der Waals surface area contributed by atoms with Crippen LogP contribution in [0.2, 0.25) is 0 Å². The minimum atomic E-state index is 0.157. The number of aromatic nitrogens is 3. The number of anilines is 2. The maximum atomic E-state index is 6.90. The molecule has 0 spiro atoms. The van der Waals surface area contributed by atoms with Gasteiger partial charge in [-0.2, -0.15) is 0 Å². The average Bonchev–Trinajstić information content (AvgIpc) is 3.70. The zero-order chi connectivity index (χ0) is 33.5. The molecule has 7 nitrogen and oxygen atoms in total. The molecule has 0 N–H and O–H groups in total. The number of hydrogen-bond acceptors (Lipinski definition) is 6. The Kier molecular flexibility index (Phi) is 6.02. The second kappa shape index (κ2) is 10.6. The molecule has 1 unspecified atom stereocenters. The number of para-hydroxylation sites is 4. The van der Waals surface area contributed by atoms with Crippen LogP contribution in [0.5, 0.6) is 17.2 Å². The molecule has 3 aliphatic rings. The standard InChI is InChI=1S/C43H29N5O2/c1-4-11-31(44-3)26-19-21-27(22-20-26)38-29-13-5-7-14-32(29)45-43(46-38)48-33-15-8-6-12-28(33)30-24-37-40-42(39(30)48)49-36-17-10-9-16-34(36)47(40)35-23-18-25(2)41(35)50-37/h4-25H,1,3H2,2H3/b31-11-. The van der Waals surface area contributed by atoms with Crippen molar-refractivity contribution in [3.8, 4) is 34.5 Å². The average molecular weight is 648 g/mol. The molecule has 1 atom stereocenters. The Balaban J connectivity index is 1.26. The Labute approximate surface area is 288 Å². The molecule has 0 bridgehead atoms. The molecule has 1 aliphatic carbocycles. The molecular formula is C43H29N5O2. The van der Waals surface area contributed by atoms with Crippen LogP contribution < -0.4 is 14.4 Å². The fourth-order valence-corrected chi connectivity index (χ4v) is 7.48. The van der Waals surface area contributed by atoms with E-state index >= 15 is 0 Å². The number of rotatable bonds is 5. The highest BCUT2D eigenvalue weighted by Crippen LogP contribution is 2.60. The van der Waals surface area contributed by atoms with E-state index in [4.69, 9.17) is 19.4 Å². The van der Waals surface area contributed by atoms with Crippen LogP contribution in [0.15, 0.2) is 150 Å². The van der Waals surface area contributed by atoms with Crippen LogP contribution in [-0.4, -0.2) is 21.3 Å². The SMILES string of the molecule is C=C/C=C(\N=C)c1ccc(-c2nc(-n3c4ccccc4c4cc5c6c(c43)Oc3ccccc3N6C3=C(O5)C(C)C=C3)nc3ccccc23)cc1. The van der Waals surface area contributed by atoms with Crippen LogP contribution >= 0.6 is 0 Å². The van der Waals surface area contributed by atoms with E-state index in [9.17, 15) is 0 Å². The lowest BCUT2D eigenvalue weighted by atomic mass is 10.0. The number of aliphatic imine (C=N–C) groups is 1. The van der Waals surface area contributed by atoms with E-state index in [1.54, 1.807) is 6.08 Å². The fraction of sp³-hybridized carbons (Fsp3) is 0.0465. The third-order valence-corrected chi connectivity index (χ3v) is 9.76. The summed E-state index contributed by atoms with van der Waals surface area (Å²) in [6.45, 7) is 9.71. The van der Waals surface area contributed by atoms with E-state index in [2.05, 4.69) is 95.4 Å². The predicted molar refractivity (Wildman–Crippen MR) is 202 cm³/mol. The molecule has 50 heavy (non-hydrogen) atoms. The first-order valence-electron chi connectivity index (χ1n) is 16.6. The van der Waals surface area contributed by atoms with Gasteiger partial charge in [0.1, 0.15) is 17.0 Å². The summed E-state index contributed by atoms with van der Waals surface area (Å²) in [5.41, 5.74) is 9.04. The summed E-state index contributed by atoms with van der Waals surface area (Å²) in [7, 11) is 0. The Hall–Kier alpha value is -6.73. The van der Waals surface area contributed by atoms with Gasteiger partial charge in [-0.15, -0.1) is 0 Å². The van der Waals surface area contributed by atoms with Crippen LogP contribution in [0.25, 0.3) is 55.6 Å². The van der Waals surface area contributed by atoms with Gasteiger partial charge in [0.2, 0.25) is 5.95 Å². The van der Waals surface area contributed by atoms with Crippen LogP contribution in [0.3, 0.4) is 0 Å². The minimum absolute atomic E-state index is 0.157. The number of nitrogens with zero attached hydrogens (tertiary/aromatic N) is 5. The van der Waals surface area contributed by atoms with Gasteiger partial charge in [-0.05, 0) is 49.2 Å². The molecule has 0 saturated heterocycles. The first kappa shape index (κ1) is 28.3. The van der Waals surface area contributed by atoms with Crippen LogP contribution in [0.1, 0.15) is 12.5 Å². The van der Waals surface area contributed by atoms with E-state index in [-0.39, 0.29) is 5.92 Å². The van der Waals surface area contributed by atoms with Crippen molar-refractivity contribution in [3.05, 3.63) is 151 Å². The lowest BCUT2D eigenvalue weighted by Crippen LogP contribution is -2.26. The third kappa shape index (κ3) is 3.94. The maximum absolute atomic E-state index is 6.90. The Morgan fingerprint density at radius 1 is 0.840 bits per heavy atom. The number of allylic oxidation sites excluding steroid dienone is 4. The summed E-state index contributed by atoms with van der Waals surface area (Å²) < 4.78 is 15.8. The van der Waals surface area contributed by atoms with Gasteiger partial charge >= 0.3 is 0 Å². The van der Waals surface area contributed by atoms with Crippen molar-refractivity contribution in [1.29, 1.82) is 0 Å². The summed E-state index contributed by atoms with van der Waals surface area (Å²) in [4.78, 5) is 17.0. The van der Waals surface area contributed by atoms with Crippen LogP contribution in [-0.2, 0) is 0 Å². The summed E-state index contributed by atoms with van der Waals surface area (Å²) in [6.07, 6.45) is 7.90. The highest BCUT2D eigenvalue weighted by molar-refractivity contribution is 6.15. The van der Waals surface area contributed by atoms with Gasteiger partial charge in [0.25, 0.3) is 0 Å². The number of benzene rings is 5. The molecule has 0 fully saturated rings. The monoisotopic (exact) mass is 647 g/mol. The molecular weight excluding hydrogens is 619 g/mol. The Bertz CT molecular complexity index is 2720. The van der Waals surface area contributed by atoms with Crippen molar-refractivity contribution in [2.24, 2.45) is 10.9 Å². The molecule has 10 rings (SSSR count). The molecule has 7 heteroatoms. The fourth-order valence-electron chi connectivity index (χ4n) is 7.48. The maximum Gasteiger partial charge on any atom is 0.235 e. The van der Waals surface area contributed by atoms with Gasteiger partial charge in [-0.25, -0.2) is 9.97 Å². The van der Waals surface area contributed by atoms with Crippen LogP contribution in [0, 0.1) is 5.92 Å². The highest BCUT2D eigenvalue weighted by atomic mass is 16.5. The van der Waals surface area contributed by atoms with Gasteiger partial charge in [0.05, 0.1) is 33.8 Å². The zero-order valence-corrected chi connectivity index (χ0v) is 27.2. The molecule has 2 aliphatic heterocycles. The van der Waals surface area contributed by atoms with Gasteiger partial charge in [0, 0.05) is 33.2 Å². The van der Waals surface area contributed by atoms with E-state index < -0.39 is 0 Å². The van der Waals surface area contributed by atoms with Crippen molar-refractivity contribution in [2.75, 3.05) is 4.90 Å². The smallest absolute Gasteiger partial charge is 0.235 e. The molecule has 0 saturated carbocycles. The predicted octanol–water partition coefficient (Wildman–Crippen LogP) is 10.7. The quantitative estimate of drug-likeness (QED) is 0.137. The van der Waals surface area contributed by atoms with Gasteiger partial charge in [-0.1, -0.05) is 98.5 Å². The van der Waals surface area contributed by atoms with Crippen molar-refractivity contribution in [1.82, 2.24) is 14.5 Å². The van der Waals surface area contributed by atoms with E-state index in [1.165, 1.54) is 0 Å². The zero-order valence-electron chi connectivity index (χ0n) is 27.2. The van der Waals surface area contributed by atoms with Crippen molar-refractivity contribution in [3.63, 3.8) is 0 Å².